The average Bonchev–Trinajstić information content (AvgIpc) is 2.84. The minimum atomic E-state index is -0.782. The molecule has 84 valence electrons. The minimum Gasteiger partial charge on any atom is -0.481 e. The number of aromatic amines is 1. The third-order valence-corrected chi connectivity index (χ3v) is 4.14. The second kappa shape index (κ2) is 4.84. The second-order valence-corrected chi connectivity index (χ2v) is 5.32. The summed E-state index contributed by atoms with van der Waals surface area (Å²) in [5.74, 6) is -0.851. The summed E-state index contributed by atoms with van der Waals surface area (Å²) in [5.41, 5.74) is 1.01. The van der Waals surface area contributed by atoms with Crippen LogP contribution in [0.2, 0.25) is 0 Å². The number of hydrogen-bond donors (Lipinski definition) is 2. The van der Waals surface area contributed by atoms with E-state index in [9.17, 15) is 4.79 Å². The zero-order valence-corrected chi connectivity index (χ0v) is 10.7. The maximum Gasteiger partial charge on any atom is 0.304 e. The van der Waals surface area contributed by atoms with Crippen LogP contribution in [-0.2, 0) is 4.79 Å². The van der Waals surface area contributed by atoms with Gasteiger partial charge in [-0.05, 0) is 33.6 Å². The van der Waals surface area contributed by atoms with Crippen molar-refractivity contribution in [2.75, 3.05) is 0 Å². The third kappa shape index (κ3) is 2.54. The normalized spacial score (nSPS) is 12.6. The molecule has 3 nitrogen and oxygen atoms in total. The highest BCUT2D eigenvalue weighted by molar-refractivity contribution is 9.10. The van der Waals surface area contributed by atoms with Crippen molar-refractivity contribution in [3.8, 4) is 0 Å². The maximum atomic E-state index is 10.9. The van der Waals surface area contributed by atoms with E-state index in [1.54, 1.807) is 11.3 Å². The van der Waals surface area contributed by atoms with Crippen LogP contribution in [0.25, 0.3) is 0 Å². The molecule has 0 aliphatic carbocycles. The van der Waals surface area contributed by atoms with Crippen molar-refractivity contribution in [1.29, 1.82) is 0 Å². The first kappa shape index (κ1) is 11.4. The molecule has 2 aromatic rings. The van der Waals surface area contributed by atoms with Crippen LogP contribution in [0, 0.1) is 0 Å². The predicted octanol–water partition coefficient (Wildman–Crippen LogP) is 3.45. The van der Waals surface area contributed by atoms with Gasteiger partial charge in [0.2, 0.25) is 0 Å². The smallest absolute Gasteiger partial charge is 0.304 e. The number of nitrogens with one attached hydrogen (secondary N) is 1. The Balaban J connectivity index is 2.31. The Hall–Kier alpha value is -1.07. The van der Waals surface area contributed by atoms with E-state index in [0.29, 0.717) is 0 Å². The van der Waals surface area contributed by atoms with Crippen LogP contribution in [0.3, 0.4) is 0 Å². The predicted molar refractivity (Wildman–Crippen MR) is 66.9 cm³/mol. The molecule has 16 heavy (non-hydrogen) atoms. The van der Waals surface area contributed by atoms with Crippen molar-refractivity contribution in [3.05, 3.63) is 44.8 Å². The summed E-state index contributed by atoms with van der Waals surface area (Å²) in [6.45, 7) is 0. The first-order chi connectivity index (χ1) is 7.66. The number of halogens is 1. The van der Waals surface area contributed by atoms with Gasteiger partial charge in [0, 0.05) is 33.0 Å². The summed E-state index contributed by atoms with van der Waals surface area (Å²) in [5, 5.41) is 10.9. The summed E-state index contributed by atoms with van der Waals surface area (Å²) in [7, 11) is 0. The van der Waals surface area contributed by atoms with Gasteiger partial charge in [0.15, 0.2) is 0 Å². The molecule has 5 heteroatoms. The summed E-state index contributed by atoms with van der Waals surface area (Å²) in [4.78, 5) is 14.9. The number of hydrogen-bond acceptors (Lipinski definition) is 2. The number of aliphatic carboxylic acids is 1. The van der Waals surface area contributed by atoms with Gasteiger partial charge in [-0.3, -0.25) is 4.79 Å². The van der Waals surface area contributed by atoms with Crippen LogP contribution >= 0.6 is 27.3 Å². The van der Waals surface area contributed by atoms with Crippen LogP contribution in [-0.4, -0.2) is 16.1 Å². The lowest BCUT2D eigenvalue weighted by atomic mass is 9.97. The Kier molecular flexibility index (Phi) is 3.46. The van der Waals surface area contributed by atoms with Gasteiger partial charge >= 0.3 is 5.97 Å². The quantitative estimate of drug-likeness (QED) is 0.908. The summed E-state index contributed by atoms with van der Waals surface area (Å²) < 4.78 is 0.999. The van der Waals surface area contributed by atoms with Crippen LogP contribution in [0.5, 0.6) is 0 Å². The first-order valence-electron chi connectivity index (χ1n) is 4.75. The van der Waals surface area contributed by atoms with Crippen molar-refractivity contribution in [2.24, 2.45) is 0 Å². The fourth-order valence-electron chi connectivity index (χ4n) is 1.62. The van der Waals surface area contributed by atoms with Crippen LogP contribution in [0.1, 0.15) is 22.8 Å². The van der Waals surface area contributed by atoms with Gasteiger partial charge in [-0.25, -0.2) is 0 Å². The van der Waals surface area contributed by atoms with Crippen molar-refractivity contribution >= 4 is 33.2 Å². The Morgan fingerprint density at radius 1 is 1.62 bits per heavy atom. The second-order valence-electron chi connectivity index (χ2n) is 3.46. The Morgan fingerprint density at radius 2 is 2.44 bits per heavy atom. The van der Waals surface area contributed by atoms with E-state index in [0.717, 1.165) is 14.9 Å². The van der Waals surface area contributed by atoms with E-state index >= 15 is 0 Å². The lowest BCUT2D eigenvalue weighted by molar-refractivity contribution is -0.137. The molecule has 0 saturated heterocycles. The highest BCUT2D eigenvalue weighted by Gasteiger charge is 2.19. The molecular formula is C11H10BrNO2S. The van der Waals surface area contributed by atoms with Crippen LogP contribution in [0.4, 0.5) is 0 Å². The number of carboxylic acids is 1. The Bertz CT molecular complexity index is 478. The molecule has 0 saturated carbocycles. The van der Waals surface area contributed by atoms with Crippen molar-refractivity contribution < 1.29 is 9.90 Å². The topological polar surface area (TPSA) is 53.1 Å². The first-order valence-corrected chi connectivity index (χ1v) is 6.42. The molecule has 2 N–H and O–H groups in total. The number of thiophene rings is 1. The van der Waals surface area contributed by atoms with Crippen LogP contribution < -0.4 is 0 Å². The molecule has 0 bridgehead atoms. The molecule has 2 aromatic heterocycles. The highest BCUT2D eigenvalue weighted by Crippen LogP contribution is 2.33. The fourth-order valence-corrected chi connectivity index (χ4v) is 3.20. The molecule has 2 heterocycles. The van der Waals surface area contributed by atoms with E-state index in [1.807, 2.05) is 29.9 Å². The Morgan fingerprint density at radius 3 is 2.94 bits per heavy atom. The molecule has 2 rings (SSSR count). The molecule has 0 aliphatic rings. The Labute approximate surface area is 105 Å². The van der Waals surface area contributed by atoms with Crippen molar-refractivity contribution in [1.82, 2.24) is 4.98 Å². The highest BCUT2D eigenvalue weighted by atomic mass is 79.9. The minimum absolute atomic E-state index is 0.0694. The molecule has 1 unspecified atom stereocenters. The van der Waals surface area contributed by atoms with Gasteiger partial charge in [-0.15, -0.1) is 11.3 Å². The number of aromatic nitrogens is 1. The van der Waals surface area contributed by atoms with E-state index in [-0.39, 0.29) is 12.3 Å². The number of carboxylic acid groups (broad SMARTS) is 1. The van der Waals surface area contributed by atoms with Gasteiger partial charge in [0.05, 0.1) is 6.42 Å². The van der Waals surface area contributed by atoms with Gasteiger partial charge in [-0.2, -0.15) is 0 Å². The molecule has 0 radical (unpaired) electrons. The zero-order chi connectivity index (χ0) is 11.5. The lowest BCUT2D eigenvalue weighted by Gasteiger charge is -2.10. The molecule has 0 spiro atoms. The van der Waals surface area contributed by atoms with Crippen LogP contribution in [0.15, 0.2) is 34.4 Å². The monoisotopic (exact) mass is 299 g/mol. The number of rotatable bonds is 4. The number of H-pyrrole nitrogens is 1. The van der Waals surface area contributed by atoms with Crippen molar-refractivity contribution in [3.63, 3.8) is 0 Å². The summed E-state index contributed by atoms with van der Waals surface area (Å²) in [6, 6.07) is 3.90. The average molecular weight is 300 g/mol. The SMILES string of the molecule is O=C(O)CC(c1cc[nH]c1)c1cc(Br)cs1. The lowest BCUT2D eigenvalue weighted by Crippen LogP contribution is -2.05. The van der Waals surface area contributed by atoms with E-state index < -0.39 is 5.97 Å². The number of carbonyl (C=O) groups is 1. The van der Waals surface area contributed by atoms with E-state index in [2.05, 4.69) is 20.9 Å². The van der Waals surface area contributed by atoms with Gasteiger partial charge in [0.25, 0.3) is 0 Å². The van der Waals surface area contributed by atoms with Crippen molar-refractivity contribution in [2.45, 2.75) is 12.3 Å². The molecular weight excluding hydrogens is 290 g/mol. The molecule has 1 atom stereocenters. The molecule has 0 fully saturated rings. The molecule has 0 aliphatic heterocycles. The van der Waals surface area contributed by atoms with Gasteiger partial charge < -0.3 is 10.1 Å². The fraction of sp³-hybridized carbons (Fsp3) is 0.182. The van der Waals surface area contributed by atoms with Gasteiger partial charge in [0.1, 0.15) is 0 Å². The van der Waals surface area contributed by atoms with E-state index in [4.69, 9.17) is 5.11 Å². The zero-order valence-electron chi connectivity index (χ0n) is 8.31. The maximum absolute atomic E-state index is 10.9. The van der Waals surface area contributed by atoms with E-state index in [1.165, 1.54) is 0 Å². The molecule has 0 amide bonds. The molecule has 0 aromatic carbocycles. The third-order valence-electron chi connectivity index (χ3n) is 2.33. The summed E-state index contributed by atoms with van der Waals surface area (Å²) in [6.07, 6.45) is 3.78. The standard InChI is InChI=1S/C11H10BrNO2S/c12-8-3-10(16-6-8)9(4-11(14)15)7-1-2-13-5-7/h1-3,5-6,9,13H,4H2,(H,14,15). The summed E-state index contributed by atoms with van der Waals surface area (Å²) >= 11 is 4.96. The van der Waals surface area contributed by atoms with Gasteiger partial charge in [-0.1, -0.05) is 0 Å². The largest absolute Gasteiger partial charge is 0.481 e.